The first-order valence-corrected chi connectivity index (χ1v) is 6.89. The van der Waals surface area contributed by atoms with Crippen molar-refractivity contribution in [2.24, 2.45) is 11.3 Å². The number of rotatable bonds is 5. The molecule has 0 aliphatic heterocycles. The SMILES string of the molecule is CCC(C)(CNC1CCC(C)CC1)C(C)O. The fraction of sp³-hybridized carbons (Fsp3) is 1.00. The van der Waals surface area contributed by atoms with Crippen molar-refractivity contribution >= 4 is 0 Å². The molecular formula is C14H29NO. The lowest BCUT2D eigenvalue weighted by Gasteiger charge is -2.35. The minimum atomic E-state index is -0.229. The minimum absolute atomic E-state index is 0.0308. The average molecular weight is 227 g/mol. The maximum absolute atomic E-state index is 9.80. The van der Waals surface area contributed by atoms with Gasteiger partial charge in [-0.2, -0.15) is 0 Å². The van der Waals surface area contributed by atoms with Crippen LogP contribution in [0.4, 0.5) is 0 Å². The summed E-state index contributed by atoms with van der Waals surface area (Å²) in [6.07, 6.45) is 6.12. The Hall–Kier alpha value is -0.0800. The number of hydrogen-bond acceptors (Lipinski definition) is 2. The van der Waals surface area contributed by atoms with Gasteiger partial charge in [-0.3, -0.25) is 0 Å². The van der Waals surface area contributed by atoms with Crippen molar-refractivity contribution < 1.29 is 5.11 Å². The van der Waals surface area contributed by atoms with Gasteiger partial charge in [0.1, 0.15) is 0 Å². The van der Waals surface area contributed by atoms with Crippen LogP contribution in [0.1, 0.15) is 59.8 Å². The Bertz CT molecular complexity index is 197. The van der Waals surface area contributed by atoms with E-state index in [-0.39, 0.29) is 11.5 Å². The second-order valence-electron chi connectivity index (χ2n) is 6.02. The Morgan fingerprint density at radius 1 is 1.31 bits per heavy atom. The zero-order valence-corrected chi connectivity index (χ0v) is 11.4. The Labute approximate surface area is 101 Å². The molecule has 2 unspecified atom stereocenters. The topological polar surface area (TPSA) is 32.3 Å². The molecule has 0 saturated heterocycles. The van der Waals surface area contributed by atoms with E-state index in [2.05, 4.69) is 26.1 Å². The molecule has 0 heterocycles. The monoisotopic (exact) mass is 227 g/mol. The molecular weight excluding hydrogens is 198 g/mol. The number of nitrogens with one attached hydrogen (secondary N) is 1. The third kappa shape index (κ3) is 3.74. The van der Waals surface area contributed by atoms with Crippen LogP contribution in [0, 0.1) is 11.3 Å². The van der Waals surface area contributed by atoms with Gasteiger partial charge in [0.15, 0.2) is 0 Å². The first-order valence-electron chi connectivity index (χ1n) is 6.89. The van der Waals surface area contributed by atoms with Crippen molar-refractivity contribution in [1.82, 2.24) is 5.32 Å². The molecule has 0 aromatic heterocycles. The van der Waals surface area contributed by atoms with Crippen LogP contribution >= 0.6 is 0 Å². The van der Waals surface area contributed by atoms with Gasteiger partial charge in [-0.05, 0) is 44.9 Å². The Balaban J connectivity index is 2.33. The molecule has 2 nitrogen and oxygen atoms in total. The van der Waals surface area contributed by atoms with Gasteiger partial charge in [0.25, 0.3) is 0 Å². The Kier molecular flexibility index (Phi) is 5.26. The Morgan fingerprint density at radius 3 is 2.31 bits per heavy atom. The van der Waals surface area contributed by atoms with Gasteiger partial charge in [-0.1, -0.05) is 20.8 Å². The molecule has 1 saturated carbocycles. The molecule has 2 heteroatoms. The van der Waals surface area contributed by atoms with E-state index >= 15 is 0 Å². The number of hydrogen-bond donors (Lipinski definition) is 2. The summed E-state index contributed by atoms with van der Waals surface area (Å²) in [5.41, 5.74) is 0.0308. The van der Waals surface area contributed by atoms with Crippen LogP contribution in [0.15, 0.2) is 0 Å². The zero-order valence-electron chi connectivity index (χ0n) is 11.4. The highest BCUT2D eigenvalue weighted by Gasteiger charge is 2.29. The largest absolute Gasteiger partial charge is 0.393 e. The van der Waals surface area contributed by atoms with Gasteiger partial charge in [-0.25, -0.2) is 0 Å². The standard InChI is InChI=1S/C14H29NO/c1-5-14(4,12(3)16)10-15-13-8-6-11(2)7-9-13/h11-13,15-16H,5-10H2,1-4H3. The van der Waals surface area contributed by atoms with Gasteiger partial charge >= 0.3 is 0 Å². The lowest BCUT2D eigenvalue weighted by atomic mass is 9.81. The summed E-state index contributed by atoms with van der Waals surface area (Å²) in [6, 6.07) is 0.681. The summed E-state index contributed by atoms with van der Waals surface area (Å²) in [7, 11) is 0. The van der Waals surface area contributed by atoms with Crippen LogP contribution in [0.2, 0.25) is 0 Å². The molecule has 2 atom stereocenters. The van der Waals surface area contributed by atoms with Crippen LogP contribution < -0.4 is 5.32 Å². The van der Waals surface area contributed by atoms with E-state index in [9.17, 15) is 5.11 Å². The molecule has 2 N–H and O–H groups in total. The predicted octanol–water partition coefficient (Wildman–Crippen LogP) is 2.95. The van der Waals surface area contributed by atoms with Crippen molar-refractivity contribution in [2.45, 2.75) is 71.9 Å². The molecule has 0 bridgehead atoms. The first-order chi connectivity index (χ1) is 7.48. The molecule has 1 aliphatic rings. The van der Waals surface area contributed by atoms with E-state index in [0.29, 0.717) is 6.04 Å². The molecule has 1 fully saturated rings. The normalized spacial score (nSPS) is 32.1. The summed E-state index contributed by atoms with van der Waals surface area (Å²) in [6.45, 7) is 9.55. The fourth-order valence-corrected chi connectivity index (χ4v) is 2.41. The highest BCUT2D eigenvalue weighted by molar-refractivity contribution is 4.84. The molecule has 0 spiro atoms. The van der Waals surface area contributed by atoms with Crippen molar-refractivity contribution in [1.29, 1.82) is 0 Å². The first kappa shape index (κ1) is 14.0. The maximum atomic E-state index is 9.80. The molecule has 0 amide bonds. The van der Waals surface area contributed by atoms with E-state index in [1.807, 2.05) is 6.92 Å². The highest BCUT2D eigenvalue weighted by Crippen LogP contribution is 2.27. The van der Waals surface area contributed by atoms with E-state index < -0.39 is 0 Å². The minimum Gasteiger partial charge on any atom is -0.393 e. The van der Waals surface area contributed by atoms with Crippen LogP contribution in [-0.4, -0.2) is 23.8 Å². The van der Waals surface area contributed by atoms with Crippen molar-refractivity contribution in [3.05, 3.63) is 0 Å². The molecule has 0 radical (unpaired) electrons. The van der Waals surface area contributed by atoms with E-state index in [1.54, 1.807) is 0 Å². The molecule has 1 aliphatic carbocycles. The number of aliphatic hydroxyl groups is 1. The fourth-order valence-electron chi connectivity index (χ4n) is 2.41. The van der Waals surface area contributed by atoms with Gasteiger partial charge in [-0.15, -0.1) is 0 Å². The van der Waals surface area contributed by atoms with Crippen LogP contribution in [0.5, 0.6) is 0 Å². The van der Waals surface area contributed by atoms with Crippen LogP contribution in [0.3, 0.4) is 0 Å². The molecule has 1 rings (SSSR count). The average Bonchev–Trinajstić information content (AvgIpc) is 2.27. The van der Waals surface area contributed by atoms with Gasteiger partial charge in [0.2, 0.25) is 0 Å². The maximum Gasteiger partial charge on any atom is 0.0577 e. The number of aliphatic hydroxyl groups excluding tert-OH is 1. The third-order valence-corrected chi connectivity index (χ3v) is 4.63. The van der Waals surface area contributed by atoms with E-state index in [4.69, 9.17) is 0 Å². The second-order valence-corrected chi connectivity index (χ2v) is 6.02. The van der Waals surface area contributed by atoms with Crippen LogP contribution in [-0.2, 0) is 0 Å². The molecule has 0 aromatic carbocycles. The molecule has 16 heavy (non-hydrogen) atoms. The predicted molar refractivity (Wildman–Crippen MR) is 69.5 cm³/mol. The summed E-state index contributed by atoms with van der Waals surface area (Å²) < 4.78 is 0. The van der Waals surface area contributed by atoms with E-state index in [1.165, 1.54) is 25.7 Å². The summed E-state index contributed by atoms with van der Waals surface area (Å²) >= 11 is 0. The zero-order chi connectivity index (χ0) is 12.2. The second kappa shape index (κ2) is 6.02. The van der Waals surface area contributed by atoms with Gasteiger partial charge < -0.3 is 10.4 Å². The van der Waals surface area contributed by atoms with Crippen molar-refractivity contribution in [3.63, 3.8) is 0 Å². The summed E-state index contributed by atoms with van der Waals surface area (Å²) in [4.78, 5) is 0. The van der Waals surface area contributed by atoms with Crippen LogP contribution in [0.25, 0.3) is 0 Å². The highest BCUT2D eigenvalue weighted by atomic mass is 16.3. The summed E-state index contributed by atoms with van der Waals surface area (Å²) in [5, 5.41) is 13.5. The van der Waals surface area contributed by atoms with Gasteiger partial charge in [0, 0.05) is 18.0 Å². The Morgan fingerprint density at radius 2 is 1.88 bits per heavy atom. The summed E-state index contributed by atoms with van der Waals surface area (Å²) in [5.74, 6) is 0.910. The molecule has 0 aromatic rings. The van der Waals surface area contributed by atoms with Gasteiger partial charge in [0.05, 0.1) is 6.10 Å². The lowest BCUT2D eigenvalue weighted by molar-refractivity contribution is 0.0454. The smallest absolute Gasteiger partial charge is 0.0577 e. The third-order valence-electron chi connectivity index (χ3n) is 4.63. The van der Waals surface area contributed by atoms with Crippen molar-refractivity contribution in [3.8, 4) is 0 Å². The quantitative estimate of drug-likeness (QED) is 0.757. The van der Waals surface area contributed by atoms with Crippen molar-refractivity contribution in [2.75, 3.05) is 6.54 Å². The van der Waals surface area contributed by atoms with E-state index in [0.717, 1.165) is 18.9 Å². The molecule has 96 valence electrons. The lowest BCUT2D eigenvalue weighted by Crippen LogP contribution is -2.44.